The van der Waals surface area contributed by atoms with Crippen molar-refractivity contribution in [3.63, 3.8) is 0 Å². The molecule has 1 fully saturated rings. The van der Waals surface area contributed by atoms with Crippen LogP contribution >= 0.6 is 11.6 Å². The lowest BCUT2D eigenvalue weighted by atomic mass is 9.72. The maximum atomic E-state index is 12.8. The highest BCUT2D eigenvalue weighted by Crippen LogP contribution is 2.42. The van der Waals surface area contributed by atoms with Gasteiger partial charge < -0.3 is 19.6 Å². The van der Waals surface area contributed by atoms with Crippen LogP contribution in [0.5, 0.6) is 0 Å². The zero-order chi connectivity index (χ0) is 25.8. The van der Waals surface area contributed by atoms with E-state index in [-0.39, 0.29) is 17.9 Å². The number of hydrogen-bond donors (Lipinski definition) is 1. The van der Waals surface area contributed by atoms with E-state index in [1.54, 1.807) is 34.1 Å². The Bertz CT molecular complexity index is 1000. The highest BCUT2D eigenvalue weighted by Gasteiger charge is 2.42. The Hall–Kier alpha value is -2.57. The minimum absolute atomic E-state index is 0.0257. The van der Waals surface area contributed by atoms with E-state index in [1.165, 1.54) is 0 Å². The Morgan fingerprint density at radius 3 is 1.91 bits per heavy atom. The number of aliphatic hydroxyl groups is 1. The second-order valence-electron chi connectivity index (χ2n) is 10.1. The van der Waals surface area contributed by atoms with E-state index in [0.717, 1.165) is 5.56 Å². The van der Waals surface area contributed by atoms with Gasteiger partial charge in [-0.15, -0.1) is 0 Å². The van der Waals surface area contributed by atoms with Crippen LogP contribution in [-0.4, -0.2) is 58.7 Å². The van der Waals surface area contributed by atoms with E-state index in [0.29, 0.717) is 55.2 Å². The van der Waals surface area contributed by atoms with Gasteiger partial charge in [-0.1, -0.05) is 35.9 Å². The van der Waals surface area contributed by atoms with Gasteiger partial charge in [-0.3, -0.25) is 4.79 Å². The molecular weight excluding hydrogens is 464 g/mol. The maximum absolute atomic E-state index is 12.8. The van der Waals surface area contributed by atoms with Crippen molar-refractivity contribution >= 4 is 23.6 Å². The third-order valence-electron chi connectivity index (χ3n) is 6.64. The number of rotatable bonds is 6. The quantitative estimate of drug-likeness (QED) is 0.552. The van der Waals surface area contributed by atoms with Crippen molar-refractivity contribution in [3.8, 4) is 0 Å². The SMILES string of the molecule is CCN(CC)C(=O)c1ccc(C(O)(c2ccc(Cl)cc2)C2CCN(C(=O)OC(C)(C)C)CC2)cc1. The first kappa shape index (κ1) is 27.0. The molecule has 0 bridgehead atoms. The average molecular weight is 501 g/mol. The summed E-state index contributed by atoms with van der Waals surface area (Å²) < 4.78 is 5.53. The number of piperidine rings is 1. The molecule has 7 heteroatoms. The number of halogens is 1. The van der Waals surface area contributed by atoms with Gasteiger partial charge >= 0.3 is 6.09 Å². The van der Waals surface area contributed by atoms with Crippen LogP contribution in [0.3, 0.4) is 0 Å². The van der Waals surface area contributed by atoms with Gasteiger partial charge in [0.15, 0.2) is 0 Å². The van der Waals surface area contributed by atoms with Crippen molar-refractivity contribution in [2.24, 2.45) is 5.92 Å². The van der Waals surface area contributed by atoms with Crippen LogP contribution in [0, 0.1) is 5.92 Å². The highest BCUT2D eigenvalue weighted by atomic mass is 35.5. The lowest BCUT2D eigenvalue weighted by Crippen LogP contribution is -2.47. The second kappa shape index (κ2) is 11.0. The predicted molar refractivity (Wildman–Crippen MR) is 139 cm³/mol. The third kappa shape index (κ3) is 6.17. The number of likely N-dealkylation sites (tertiary alicyclic amines) is 1. The topological polar surface area (TPSA) is 70.1 Å². The number of hydrogen-bond acceptors (Lipinski definition) is 4. The Morgan fingerprint density at radius 2 is 1.46 bits per heavy atom. The molecule has 1 heterocycles. The molecule has 1 aliphatic rings. The Balaban J connectivity index is 1.89. The number of carbonyl (C=O) groups is 2. The molecule has 0 aromatic heterocycles. The number of nitrogens with zero attached hydrogens (tertiary/aromatic N) is 2. The molecule has 2 aromatic carbocycles. The standard InChI is InChI=1S/C28H37ClN2O4/c1-6-30(7-2)25(32)20-8-10-21(11-9-20)28(34,22-12-14-24(29)15-13-22)23-16-18-31(19-17-23)26(33)35-27(3,4)5/h8-15,23,34H,6-7,16-19H2,1-5H3. The molecule has 1 N–H and O–H groups in total. The van der Waals surface area contributed by atoms with Crippen molar-refractivity contribution in [1.29, 1.82) is 0 Å². The first-order valence-corrected chi connectivity index (χ1v) is 12.7. The van der Waals surface area contributed by atoms with E-state index < -0.39 is 11.2 Å². The van der Waals surface area contributed by atoms with Gasteiger partial charge in [0.25, 0.3) is 5.91 Å². The first-order chi connectivity index (χ1) is 16.5. The minimum Gasteiger partial charge on any atom is -0.444 e. The molecular formula is C28H37ClN2O4. The van der Waals surface area contributed by atoms with Gasteiger partial charge in [0.05, 0.1) is 0 Å². The number of benzene rings is 2. The summed E-state index contributed by atoms with van der Waals surface area (Å²) in [6.45, 7) is 11.7. The molecule has 2 aromatic rings. The minimum atomic E-state index is -1.29. The fraction of sp³-hybridized carbons (Fsp3) is 0.500. The Kier molecular flexibility index (Phi) is 8.50. The summed E-state index contributed by atoms with van der Waals surface area (Å²) in [5, 5.41) is 12.8. The van der Waals surface area contributed by atoms with Crippen LogP contribution < -0.4 is 0 Å². The summed E-state index contributed by atoms with van der Waals surface area (Å²) in [6.07, 6.45) is 0.891. The molecule has 0 aliphatic carbocycles. The van der Waals surface area contributed by atoms with Gasteiger partial charge in [0.1, 0.15) is 11.2 Å². The summed E-state index contributed by atoms with van der Waals surface area (Å²) in [7, 11) is 0. The predicted octanol–water partition coefficient (Wildman–Crippen LogP) is 5.71. The summed E-state index contributed by atoms with van der Waals surface area (Å²) in [5.74, 6) is -0.158. The summed E-state index contributed by atoms with van der Waals surface area (Å²) in [6, 6.07) is 14.5. The molecule has 35 heavy (non-hydrogen) atoms. The van der Waals surface area contributed by atoms with E-state index in [4.69, 9.17) is 16.3 Å². The zero-order valence-corrected chi connectivity index (χ0v) is 22.1. The third-order valence-corrected chi connectivity index (χ3v) is 6.90. The second-order valence-corrected chi connectivity index (χ2v) is 10.5. The largest absolute Gasteiger partial charge is 0.444 e. The van der Waals surface area contributed by atoms with Crippen molar-refractivity contribution in [2.45, 2.75) is 58.7 Å². The lowest BCUT2D eigenvalue weighted by Gasteiger charge is -2.42. The normalized spacial score (nSPS) is 16.5. The molecule has 190 valence electrons. The molecule has 1 unspecified atom stereocenters. The number of amides is 2. The maximum Gasteiger partial charge on any atom is 0.410 e. The van der Waals surface area contributed by atoms with Crippen molar-refractivity contribution < 1.29 is 19.4 Å². The lowest BCUT2D eigenvalue weighted by molar-refractivity contribution is -0.0237. The molecule has 1 saturated heterocycles. The van der Waals surface area contributed by atoms with Crippen molar-refractivity contribution in [2.75, 3.05) is 26.2 Å². The molecule has 3 rings (SSSR count). The van der Waals surface area contributed by atoms with Gasteiger partial charge in [-0.25, -0.2) is 4.79 Å². The molecule has 0 saturated carbocycles. The highest BCUT2D eigenvalue weighted by molar-refractivity contribution is 6.30. The molecule has 0 spiro atoms. The summed E-state index contributed by atoms with van der Waals surface area (Å²) >= 11 is 6.13. The zero-order valence-electron chi connectivity index (χ0n) is 21.4. The van der Waals surface area contributed by atoms with Crippen LogP contribution in [0.1, 0.15) is 68.9 Å². The molecule has 1 atom stereocenters. The van der Waals surface area contributed by atoms with Gasteiger partial charge in [-0.2, -0.15) is 0 Å². The number of carbonyl (C=O) groups excluding carboxylic acids is 2. The van der Waals surface area contributed by atoms with E-state index in [9.17, 15) is 14.7 Å². The Morgan fingerprint density at radius 1 is 0.971 bits per heavy atom. The van der Waals surface area contributed by atoms with E-state index in [1.807, 2.05) is 58.9 Å². The van der Waals surface area contributed by atoms with E-state index in [2.05, 4.69) is 0 Å². The van der Waals surface area contributed by atoms with Crippen LogP contribution in [0.15, 0.2) is 48.5 Å². The molecule has 1 aliphatic heterocycles. The average Bonchev–Trinajstić information content (AvgIpc) is 2.84. The number of ether oxygens (including phenoxy) is 1. The summed E-state index contributed by atoms with van der Waals surface area (Å²) in [5.41, 5.74) is 0.201. The van der Waals surface area contributed by atoms with Crippen LogP contribution in [0.4, 0.5) is 4.79 Å². The van der Waals surface area contributed by atoms with E-state index >= 15 is 0 Å². The molecule has 6 nitrogen and oxygen atoms in total. The van der Waals surface area contributed by atoms with Crippen LogP contribution in [0.25, 0.3) is 0 Å². The van der Waals surface area contributed by atoms with Gasteiger partial charge in [0, 0.05) is 36.8 Å². The van der Waals surface area contributed by atoms with Gasteiger partial charge in [-0.05, 0) is 88.8 Å². The van der Waals surface area contributed by atoms with Gasteiger partial charge in [0.2, 0.25) is 0 Å². The fourth-order valence-corrected chi connectivity index (χ4v) is 4.83. The monoisotopic (exact) mass is 500 g/mol. The smallest absolute Gasteiger partial charge is 0.410 e. The summed E-state index contributed by atoms with van der Waals surface area (Å²) in [4.78, 5) is 28.8. The van der Waals surface area contributed by atoms with Crippen molar-refractivity contribution in [3.05, 3.63) is 70.2 Å². The molecule has 0 radical (unpaired) electrons. The fourth-order valence-electron chi connectivity index (χ4n) is 4.71. The van der Waals surface area contributed by atoms with Crippen LogP contribution in [-0.2, 0) is 10.3 Å². The van der Waals surface area contributed by atoms with Crippen molar-refractivity contribution in [1.82, 2.24) is 9.80 Å². The first-order valence-electron chi connectivity index (χ1n) is 12.4. The Labute approximate surface area is 213 Å². The van der Waals surface area contributed by atoms with Crippen LogP contribution in [0.2, 0.25) is 5.02 Å². The molecule has 2 amide bonds.